The summed E-state index contributed by atoms with van der Waals surface area (Å²) in [6.45, 7) is 0.702. The van der Waals surface area contributed by atoms with Gasteiger partial charge in [-0.15, -0.1) is 12.4 Å². The maximum atomic E-state index is 12.1. The van der Waals surface area contributed by atoms with Crippen molar-refractivity contribution in [2.24, 2.45) is 5.73 Å². The van der Waals surface area contributed by atoms with Gasteiger partial charge in [0.05, 0.1) is 0 Å². The highest BCUT2D eigenvalue weighted by Gasteiger charge is 2.28. The molecular weight excluding hydrogens is 309 g/mol. The van der Waals surface area contributed by atoms with Gasteiger partial charge in [-0.2, -0.15) is 13.2 Å². The van der Waals surface area contributed by atoms with Gasteiger partial charge in [0, 0.05) is 12.1 Å². The van der Waals surface area contributed by atoms with Crippen LogP contribution in [0, 0.1) is 6.92 Å². The first-order valence-electron chi connectivity index (χ1n) is 6.12. The molecule has 0 unspecified atom stereocenters. The number of carbonyl (C=O) groups excluding carboxylic acids is 1. The molecule has 1 aromatic carbocycles. The molecule has 3 N–H and O–H groups in total. The molecule has 4 nitrogen and oxygen atoms in total. The summed E-state index contributed by atoms with van der Waals surface area (Å²) in [6, 6.07) is 4.46. The van der Waals surface area contributed by atoms with Crippen LogP contribution in [0.4, 0.5) is 18.9 Å². The van der Waals surface area contributed by atoms with Crippen molar-refractivity contribution in [1.82, 2.24) is 0 Å². The van der Waals surface area contributed by atoms with Crippen LogP contribution in [-0.2, 0) is 4.79 Å². The van der Waals surface area contributed by atoms with Crippen molar-refractivity contribution < 1.29 is 22.7 Å². The number of ether oxygens (including phenoxy) is 1. The van der Waals surface area contributed by atoms with Gasteiger partial charge in [-0.1, -0.05) is 0 Å². The number of hydrogen-bond donors (Lipinski definition) is 2. The van der Waals surface area contributed by atoms with E-state index in [-0.39, 0.29) is 24.1 Å². The van der Waals surface area contributed by atoms with E-state index < -0.39 is 12.8 Å². The molecule has 0 spiro atoms. The van der Waals surface area contributed by atoms with E-state index in [1.807, 2.05) is 0 Å². The zero-order valence-electron chi connectivity index (χ0n) is 11.5. The van der Waals surface area contributed by atoms with Gasteiger partial charge in [-0.3, -0.25) is 4.79 Å². The normalized spacial score (nSPS) is 10.7. The van der Waals surface area contributed by atoms with E-state index in [1.165, 1.54) is 12.1 Å². The third-order valence-corrected chi connectivity index (χ3v) is 2.46. The number of anilines is 1. The molecule has 0 aliphatic carbocycles. The van der Waals surface area contributed by atoms with Gasteiger partial charge < -0.3 is 15.8 Å². The standard InChI is InChI=1S/C13H17F3N2O2.ClH/c1-9-7-10(18-12(19)3-2-6-17)4-5-11(9)20-8-13(14,15)16;/h4-5,7H,2-3,6,8,17H2,1H3,(H,18,19);1H. The van der Waals surface area contributed by atoms with Crippen LogP contribution in [0.1, 0.15) is 18.4 Å². The number of nitrogens with two attached hydrogens (primary N) is 1. The van der Waals surface area contributed by atoms with Gasteiger partial charge in [-0.05, 0) is 43.7 Å². The van der Waals surface area contributed by atoms with Gasteiger partial charge >= 0.3 is 6.18 Å². The molecule has 0 saturated carbocycles. The first-order valence-corrected chi connectivity index (χ1v) is 6.12. The summed E-state index contributed by atoms with van der Waals surface area (Å²) < 4.78 is 40.8. The van der Waals surface area contributed by atoms with Crippen molar-refractivity contribution in [2.75, 3.05) is 18.5 Å². The van der Waals surface area contributed by atoms with Crippen LogP contribution in [-0.4, -0.2) is 25.2 Å². The highest BCUT2D eigenvalue weighted by Crippen LogP contribution is 2.24. The Bertz CT molecular complexity index is 467. The summed E-state index contributed by atoms with van der Waals surface area (Å²) in [7, 11) is 0. The van der Waals surface area contributed by atoms with Gasteiger partial charge in [0.1, 0.15) is 5.75 Å². The molecule has 0 fully saturated rings. The molecule has 120 valence electrons. The number of rotatable bonds is 6. The summed E-state index contributed by atoms with van der Waals surface area (Å²) in [4.78, 5) is 11.5. The van der Waals surface area contributed by atoms with Crippen molar-refractivity contribution >= 4 is 24.0 Å². The minimum Gasteiger partial charge on any atom is -0.484 e. The molecule has 21 heavy (non-hydrogen) atoms. The lowest BCUT2D eigenvalue weighted by atomic mass is 10.2. The third-order valence-electron chi connectivity index (χ3n) is 2.46. The van der Waals surface area contributed by atoms with Crippen molar-refractivity contribution in [3.8, 4) is 5.75 Å². The summed E-state index contributed by atoms with van der Waals surface area (Å²) in [5.41, 5.74) is 6.33. The summed E-state index contributed by atoms with van der Waals surface area (Å²) >= 11 is 0. The van der Waals surface area contributed by atoms with E-state index in [0.29, 0.717) is 30.6 Å². The fraction of sp³-hybridized carbons (Fsp3) is 0.462. The molecule has 0 heterocycles. The lowest BCUT2D eigenvalue weighted by Crippen LogP contribution is -2.19. The molecule has 0 bridgehead atoms. The number of amides is 1. The first kappa shape index (κ1) is 19.5. The number of halogens is 4. The molecule has 0 atom stereocenters. The predicted molar refractivity (Wildman–Crippen MR) is 76.9 cm³/mol. The van der Waals surface area contributed by atoms with E-state index >= 15 is 0 Å². The monoisotopic (exact) mass is 326 g/mol. The first-order chi connectivity index (χ1) is 9.31. The highest BCUT2D eigenvalue weighted by molar-refractivity contribution is 5.90. The molecule has 8 heteroatoms. The maximum absolute atomic E-state index is 12.1. The number of carbonyl (C=O) groups is 1. The second-order valence-electron chi connectivity index (χ2n) is 4.32. The Morgan fingerprint density at radius 3 is 2.57 bits per heavy atom. The molecule has 1 aromatic rings. The van der Waals surface area contributed by atoms with Gasteiger partial charge in [-0.25, -0.2) is 0 Å². The molecule has 0 aliphatic heterocycles. The zero-order chi connectivity index (χ0) is 15.2. The second-order valence-corrected chi connectivity index (χ2v) is 4.32. The number of alkyl halides is 3. The lowest BCUT2D eigenvalue weighted by Gasteiger charge is -2.12. The minimum absolute atomic E-state index is 0. The largest absolute Gasteiger partial charge is 0.484 e. The van der Waals surface area contributed by atoms with Crippen LogP contribution in [0.25, 0.3) is 0 Å². The van der Waals surface area contributed by atoms with Crippen LogP contribution in [0.2, 0.25) is 0 Å². The lowest BCUT2D eigenvalue weighted by molar-refractivity contribution is -0.153. The van der Waals surface area contributed by atoms with Crippen molar-refractivity contribution in [2.45, 2.75) is 25.9 Å². The van der Waals surface area contributed by atoms with Gasteiger partial charge in [0.2, 0.25) is 5.91 Å². The van der Waals surface area contributed by atoms with Crippen LogP contribution >= 0.6 is 12.4 Å². The van der Waals surface area contributed by atoms with Crippen molar-refractivity contribution in [1.29, 1.82) is 0 Å². The number of aryl methyl sites for hydroxylation is 1. The molecule has 0 saturated heterocycles. The Labute approximate surface area is 127 Å². The second kappa shape index (κ2) is 8.74. The third kappa shape index (κ3) is 7.77. The van der Waals surface area contributed by atoms with E-state index in [9.17, 15) is 18.0 Å². The molecule has 1 amide bonds. The van der Waals surface area contributed by atoms with E-state index in [0.717, 1.165) is 0 Å². The van der Waals surface area contributed by atoms with E-state index in [1.54, 1.807) is 13.0 Å². The number of nitrogens with one attached hydrogen (secondary N) is 1. The zero-order valence-corrected chi connectivity index (χ0v) is 12.3. The Kier molecular flexibility index (Phi) is 8.12. The SMILES string of the molecule is Cc1cc(NC(=O)CCCN)ccc1OCC(F)(F)F.Cl. The quantitative estimate of drug-likeness (QED) is 0.844. The number of benzene rings is 1. The fourth-order valence-corrected chi connectivity index (χ4v) is 1.53. The van der Waals surface area contributed by atoms with Crippen LogP contribution in [0.3, 0.4) is 0 Å². The van der Waals surface area contributed by atoms with Crippen molar-refractivity contribution in [3.63, 3.8) is 0 Å². The molecule has 0 aliphatic rings. The van der Waals surface area contributed by atoms with Crippen LogP contribution < -0.4 is 15.8 Å². The van der Waals surface area contributed by atoms with Crippen molar-refractivity contribution in [3.05, 3.63) is 23.8 Å². The summed E-state index contributed by atoms with van der Waals surface area (Å²) in [5.74, 6) is -0.0407. The fourth-order valence-electron chi connectivity index (χ4n) is 1.53. The van der Waals surface area contributed by atoms with E-state index in [2.05, 4.69) is 10.1 Å². The maximum Gasteiger partial charge on any atom is 0.422 e. The van der Waals surface area contributed by atoms with Gasteiger partial charge in [0.25, 0.3) is 0 Å². The average Bonchev–Trinajstić information content (AvgIpc) is 2.34. The van der Waals surface area contributed by atoms with Crippen LogP contribution in [0.15, 0.2) is 18.2 Å². The topological polar surface area (TPSA) is 64.4 Å². The Balaban J connectivity index is 0.00000400. The highest BCUT2D eigenvalue weighted by atomic mass is 35.5. The Morgan fingerprint density at radius 2 is 2.05 bits per heavy atom. The van der Waals surface area contributed by atoms with Crippen LogP contribution in [0.5, 0.6) is 5.75 Å². The Morgan fingerprint density at radius 1 is 1.38 bits per heavy atom. The average molecular weight is 327 g/mol. The predicted octanol–water partition coefficient (Wildman–Crippen LogP) is 3.04. The summed E-state index contributed by atoms with van der Waals surface area (Å²) in [6.07, 6.45) is -3.49. The minimum atomic E-state index is -4.37. The number of hydrogen-bond acceptors (Lipinski definition) is 3. The Hall–Kier alpha value is -1.47. The smallest absolute Gasteiger partial charge is 0.422 e. The summed E-state index contributed by atoms with van der Waals surface area (Å²) in [5, 5.41) is 2.64. The van der Waals surface area contributed by atoms with E-state index in [4.69, 9.17) is 5.73 Å². The molecular formula is C13H18ClF3N2O2. The van der Waals surface area contributed by atoms with Gasteiger partial charge in [0.15, 0.2) is 6.61 Å². The molecule has 0 radical (unpaired) electrons. The molecule has 1 rings (SSSR count). The molecule has 0 aromatic heterocycles.